The number of aromatic nitrogens is 1. The molecule has 5 nitrogen and oxygen atoms in total. The van der Waals surface area contributed by atoms with Gasteiger partial charge in [0.05, 0.1) is 5.02 Å². The van der Waals surface area contributed by atoms with Crippen molar-refractivity contribution in [3.8, 4) is 0 Å². The van der Waals surface area contributed by atoms with Gasteiger partial charge in [-0.25, -0.2) is 14.2 Å². The van der Waals surface area contributed by atoms with Gasteiger partial charge < -0.3 is 10.2 Å². The van der Waals surface area contributed by atoms with Crippen LogP contribution in [0.5, 0.6) is 0 Å². The third-order valence-electron chi connectivity index (χ3n) is 4.43. The van der Waals surface area contributed by atoms with E-state index in [0.29, 0.717) is 5.56 Å². The molecule has 2 aromatic rings. The van der Waals surface area contributed by atoms with Crippen molar-refractivity contribution in [1.82, 2.24) is 9.88 Å². The number of nitrogens with zero attached hydrogens (tertiary/aromatic N) is 2. The van der Waals surface area contributed by atoms with Crippen molar-refractivity contribution in [3.05, 3.63) is 63.6 Å². The van der Waals surface area contributed by atoms with Crippen molar-refractivity contribution in [2.45, 2.75) is 44.9 Å². The quantitative estimate of drug-likeness (QED) is 0.669. The Morgan fingerprint density at radius 2 is 1.81 bits per heavy atom. The molecular weight excluding hydrogens is 394 g/mol. The summed E-state index contributed by atoms with van der Waals surface area (Å²) in [4.78, 5) is 17.3. The molecular formula is C19H21Cl2FN2O3. The number of amides is 1. The van der Waals surface area contributed by atoms with E-state index < -0.39 is 29.1 Å². The molecule has 2 rings (SSSR count). The van der Waals surface area contributed by atoms with E-state index in [-0.39, 0.29) is 15.7 Å². The second-order valence-corrected chi connectivity index (χ2v) is 8.18. The maximum Gasteiger partial charge on any atom is 0.408 e. The number of hydrogen-bond acceptors (Lipinski definition) is 3. The number of carboxylic acid groups (broad SMARTS) is 1. The molecule has 2 N–H and O–H groups in total. The first-order valence-corrected chi connectivity index (χ1v) is 8.93. The lowest BCUT2D eigenvalue weighted by atomic mass is 9.79. The molecule has 146 valence electrons. The summed E-state index contributed by atoms with van der Waals surface area (Å²) < 4.78 is 14.0. The lowest BCUT2D eigenvalue weighted by Gasteiger charge is -2.49. The van der Waals surface area contributed by atoms with Crippen molar-refractivity contribution in [3.63, 3.8) is 0 Å². The van der Waals surface area contributed by atoms with Gasteiger partial charge in [0.15, 0.2) is 0 Å². The van der Waals surface area contributed by atoms with Crippen LogP contribution in [0.25, 0.3) is 0 Å². The van der Waals surface area contributed by atoms with Gasteiger partial charge in [-0.3, -0.25) is 4.90 Å². The molecule has 0 saturated heterocycles. The van der Waals surface area contributed by atoms with E-state index >= 15 is 0 Å². The van der Waals surface area contributed by atoms with Crippen molar-refractivity contribution >= 4 is 29.3 Å². The van der Waals surface area contributed by atoms with E-state index in [1.165, 1.54) is 24.4 Å². The predicted octanol–water partition coefficient (Wildman–Crippen LogP) is 5.25. The number of pyridine rings is 1. The van der Waals surface area contributed by atoms with Gasteiger partial charge in [0.25, 0.3) is 0 Å². The van der Waals surface area contributed by atoms with Crippen molar-refractivity contribution in [2.75, 3.05) is 0 Å². The van der Waals surface area contributed by atoms with Crippen LogP contribution in [0.3, 0.4) is 0 Å². The Morgan fingerprint density at radius 1 is 1.19 bits per heavy atom. The topological polar surface area (TPSA) is 73.7 Å². The highest BCUT2D eigenvalue weighted by atomic mass is 35.5. The molecule has 0 aliphatic rings. The van der Waals surface area contributed by atoms with Crippen LogP contribution >= 0.6 is 23.2 Å². The number of benzene rings is 1. The highest BCUT2D eigenvalue weighted by Gasteiger charge is 2.49. The van der Waals surface area contributed by atoms with Gasteiger partial charge in [0.2, 0.25) is 0 Å². The summed E-state index contributed by atoms with van der Waals surface area (Å²) in [6, 6.07) is 6.97. The molecule has 0 saturated carbocycles. The van der Waals surface area contributed by atoms with E-state index in [1.807, 2.05) is 0 Å². The Balaban J connectivity index is 2.73. The fourth-order valence-electron chi connectivity index (χ4n) is 3.27. The van der Waals surface area contributed by atoms with Crippen LogP contribution < -0.4 is 0 Å². The van der Waals surface area contributed by atoms with Crippen LogP contribution in [0.15, 0.2) is 36.5 Å². The number of rotatable bonds is 4. The fraction of sp³-hybridized carbons (Fsp3) is 0.368. The minimum Gasteiger partial charge on any atom is -0.465 e. The van der Waals surface area contributed by atoms with Crippen LogP contribution in [0.2, 0.25) is 10.2 Å². The highest BCUT2D eigenvalue weighted by Crippen LogP contribution is 2.44. The molecule has 0 radical (unpaired) electrons. The molecule has 0 spiro atoms. The van der Waals surface area contributed by atoms with Crippen LogP contribution in [-0.2, 0) is 5.54 Å². The van der Waals surface area contributed by atoms with Gasteiger partial charge in [-0.15, -0.1) is 0 Å². The first-order valence-electron chi connectivity index (χ1n) is 8.17. The second kappa shape index (κ2) is 7.62. The lowest BCUT2D eigenvalue weighted by Crippen LogP contribution is -2.58. The Morgan fingerprint density at radius 3 is 2.26 bits per heavy atom. The Kier molecular flexibility index (Phi) is 6.04. The van der Waals surface area contributed by atoms with Crippen molar-refractivity contribution in [1.29, 1.82) is 0 Å². The number of aliphatic hydroxyl groups excluding tert-OH is 1. The van der Waals surface area contributed by atoms with E-state index in [9.17, 15) is 19.4 Å². The van der Waals surface area contributed by atoms with Gasteiger partial charge in [-0.05, 0) is 57.0 Å². The van der Waals surface area contributed by atoms with Crippen LogP contribution in [0.1, 0.15) is 44.9 Å². The van der Waals surface area contributed by atoms with E-state index in [0.717, 1.165) is 11.0 Å². The molecule has 27 heavy (non-hydrogen) atoms. The normalized spacial score (nSPS) is 15.1. The van der Waals surface area contributed by atoms with Gasteiger partial charge >= 0.3 is 6.09 Å². The molecule has 2 unspecified atom stereocenters. The highest BCUT2D eigenvalue weighted by molar-refractivity contribution is 6.30. The molecule has 0 bridgehead atoms. The average Bonchev–Trinajstić information content (AvgIpc) is 2.55. The van der Waals surface area contributed by atoms with Gasteiger partial charge in [0.1, 0.15) is 22.6 Å². The molecule has 1 heterocycles. The molecule has 1 aromatic heterocycles. The molecule has 0 fully saturated rings. The summed E-state index contributed by atoms with van der Waals surface area (Å²) in [5.74, 6) is -0.706. The summed E-state index contributed by atoms with van der Waals surface area (Å²) in [5.41, 5.74) is -1.77. The third-order valence-corrected chi connectivity index (χ3v) is 4.96. The summed E-state index contributed by atoms with van der Waals surface area (Å²) in [5, 5.41) is 21.2. The number of carbonyl (C=O) groups is 1. The first-order chi connectivity index (χ1) is 12.4. The zero-order valence-corrected chi connectivity index (χ0v) is 16.9. The molecule has 1 amide bonds. The standard InChI is InChI=1S/C19H21Cl2FN2O3/c1-18(2,3)24(17(26)27)19(4,12-6-8-15(21)23-10-12)16(25)11-5-7-13(20)14(22)9-11/h5-10,16,25H,1-4H3,(H,26,27). The monoisotopic (exact) mass is 414 g/mol. The minimum absolute atomic E-state index is 0.0910. The Hall–Kier alpha value is -1.89. The Labute approximate surface area is 167 Å². The van der Waals surface area contributed by atoms with E-state index in [2.05, 4.69) is 4.98 Å². The second-order valence-electron chi connectivity index (χ2n) is 7.38. The number of halogens is 3. The molecule has 0 aliphatic carbocycles. The van der Waals surface area contributed by atoms with E-state index in [1.54, 1.807) is 33.8 Å². The van der Waals surface area contributed by atoms with Crippen LogP contribution in [0, 0.1) is 5.82 Å². The Bertz CT molecular complexity index is 840. The summed E-state index contributed by atoms with van der Waals surface area (Å²) >= 11 is 11.6. The molecule has 8 heteroatoms. The smallest absolute Gasteiger partial charge is 0.408 e. The first kappa shape index (κ1) is 21.4. The summed E-state index contributed by atoms with van der Waals surface area (Å²) in [7, 11) is 0. The number of aliphatic hydroxyl groups is 1. The van der Waals surface area contributed by atoms with Crippen molar-refractivity contribution < 1.29 is 19.4 Å². The minimum atomic E-state index is -1.48. The molecule has 1 aromatic carbocycles. The predicted molar refractivity (Wildman–Crippen MR) is 103 cm³/mol. The van der Waals surface area contributed by atoms with Gasteiger partial charge in [-0.1, -0.05) is 35.3 Å². The summed E-state index contributed by atoms with van der Waals surface area (Å²) in [6.45, 7) is 6.68. The fourth-order valence-corrected chi connectivity index (χ4v) is 3.50. The zero-order valence-electron chi connectivity index (χ0n) is 15.4. The summed E-state index contributed by atoms with van der Waals surface area (Å²) in [6.07, 6.45) is -1.24. The maximum absolute atomic E-state index is 14.0. The average molecular weight is 415 g/mol. The van der Waals surface area contributed by atoms with Gasteiger partial charge in [0, 0.05) is 11.7 Å². The third kappa shape index (κ3) is 4.18. The maximum atomic E-state index is 14.0. The molecule has 2 atom stereocenters. The van der Waals surface area contributed by atoms with Crippen molar-refractivity contribution in [2.24, 2.45) is 0 Å². The van der Waals surface area contributed by atoms with Crippen LogP contribution in [-0.4, -0.2) is 31.7 Å². The molecule has 0 aliphatic heterocycles. The van der Waals surface area contributed by atoms with Gasteiger partial charge in [-0.2, -0.15) is 0 Å². The van der Waals surface area contributed by atoms with E-state index in [4.69, 9.17) is 23.2 Å². The largest absolute Gasteiger partial charge is 0.465 e. The zero-order chi connectivity index (χ0) is 20.6. The lowest BCUT2D eigenvalue weighted by molar-refractivity contribution is -0.0566. The number of hydrogen-bond donors (Lipinski definition) is 2. The SMILES string of the molecule is CC(C)(C)N(C(=O)O)C(C)(c1ccc(Cl)nc1)C(O)c1ccc(Cl)c(F)c1. The van der Waals surface area contributed by atoms with Crippen LogP contribution in [0.4, 0.5) is 9.18 Å².